The summed E-state index contributed by atoms with van der Waals surface area (Å²) in [5, 5.41) is 0. The van der Waals surface area contributed by atoms with E-state index in [1.165, 1.54) is 4.90 Å². The van der Waals surface area contributed by atoms with E-state index in [4.69, 9.17) is 0 Å². The summed E-state index contributed by atoms with van der Waals surface area (Å²) >= 11 is 0. The highest BCUT2D eigenvalue weighted by Gasteiger charge is 2.47. The van der Waals surface area contributed by atoms with Crippen molar-refractivity contribution in [3.05, 3.63) is 65.5 Å². The number of hydrogen-bond acceptors (Lipinski definition) is 3. The van der Waals surface area contributed by atoms with E-state index in [1.54, 1.807) is 4.90 Å². The molecule has 3 aromatic rings. The molecule has 124 valence electrons. The average molecular weight is 332 g/mol. The number of carbonyl (C=O) groups excluding carboxylic acids is 2. The molecule has 1 aromatic heterocycles. The molecule has 1 fully saturated rings. The number of fused-ring (bicyclic) bond motifs is 3. The number of aromatic amines is 1. The molecule has 0 radical (unpaired) electrons. The van der Waals surface area contributed by atoms with Crippen LogP contribution in [0.2, 0.25) is 0 Å². The van der Waals surface area contributed by atoms with Crippen LogP contribution in [-0.2, 0) is 24.3 Å². The van der Waals surface area contributed by atoms with Crippen molar-refractivity contribution in [1.82, 2.24) is 19.8 Å². The lowest BCUT2D eigenvalue weighted by Gasteiger charge is -2.28. The van der Waals surface area contributed by atoms with Crippen LogP contribution in [0, 0.1) is 0 Å². The second-order valence-corrected chi connectivity index (χ2v) is 6.52. The number of amides is 3. The van der Waals surface area contributed by atoms with Crippen molar-refractivity contribution in [2.45, 2.75) is 25.6 Å². The van der Waals surface area contributed by atoms with E-state index in [1.807, 2.05) is 48.5 Å². The summed E-state index contributed by atoms with van der Waals surface area (Å²) < 4.78 is 0. The molecule has 1 atom stereocenters. The van der Waals surface area contributed by atoms with Gasteiger partial charge < -0.3 is 9.88 Å². The lowest BCUT2D eigenvalue weighted by molar-refractivity contribution is -0.128. The highest BCUT2D eigenvalue weighted by Crippen LogP contribution is 2.30. The number of para-hydroxylation sites is 2. The molecular formula is C19H16N4O2. The number of imide groups is 1. The van der Waals surface area contributed by atoms with E-state index in [2.05, 4.69) is 9.97 Å². The summed E-state index contributed by atoms with van der Waals surface area (Å²) in [6, 6.07) is 15.0. The Morgan fingerprint density at radius 3 is 2.64 bits per heavy atom. The van der Waals surface area contributed by atoms with Crippen LogP contribution in [0.5, 0.6) is 0 Å². The molecule has 1 N–H and O–H groups in total. The maximum absolute atomic E-state index is 12.8. The molecule has 0 spiro atoms. The molecule has 5 rings (SSSR count). The van der Waals surface area contributed by atoms with Crippen molar-refractivity contribution in [3.8, 4) is 0 Å². The Labute approximate surface area is 144 Å². The molecule has 0 saturated carbocycles. The Kier molecular flexibility index (Phi) is 2.94. The summed E-state index contributed by atoms with van der Waals surface area (Å²) in [6.07, 6.45) is 0.581. The van der Waals surface area contributed by atoms with Gasteiger partial charge in [0.1, 0.15) is 11.9 Å². The van der Waals surface area contributed by atoms with Crippen molar-refractivity contribution in [2.24, 2.45) is 0 Å². The van der Waals surface area contributed by atoms with Crippen LogP contribution in [0.1, 0.15) is 17.0 Å². The third-order valence-corrected chi connectivity index (χ3v) is 5.02. The lowest BCUT2D eigenvalue weighted by Crippen LogP contribution is -2.39. The van der Waals surface area contributed by atoms with Gasteiger partial charge in [0.15, 0.2) is 0 Å². The zero-order valence-corrected chi connectivity index (χ0v) is 13.5. The fourth-order valence-electron chi connectivity index (χ4n) is 3.75. The summed E-state index contributed by atoms with van der Waals surface area (Å²) in [6.45, 7) is 0.664. The van der Waals surface area contributed by atoms with E-state index in [0.717, 1.165) is 22.2 Å². The van der Waals surface area contributed by atoms with Crippen LogP contribution in [0.15, 0.2) is 48.5 Å². The van der Waals surface area contributed by atoms with Crippen molar-refractivity contribution in [2.75, 3.05) is 0 Å². The topological polar surface area (TPSA) is 69.3 Å². The maximum atomic E-state index is 12.8. The molecule has 2 aliphatic rings. The molecule has 1 unspecified atom stereocenters. The molecule has 3 amide bonds. The Hall–Kier alpha value is -3.15. The van der Waals surface area contributed by atoms with E-state index in [0.29, 0.717) is 18.8 Å². The van der Waals surface area contributed by atoms with Crippen LogP contribution < -0.4 is 0 Å². The Morgan fingerprint density at radius 1 is 1.04 bits per heavy atom. The molecule has 0 aliphatic carbocycles. The predicted octanol–water partition coefficient (Wildman–Crippen LogP) is 2.45. The smallest absolute Gasteiger partial charge is 0.328 e. The van der Waals surface area contributed by atoms with Crippen LogP contribution >= 0.6 is 0 Å². The molecule has 2 aliphatic heterocycles. The molecule has 3 heterocycles. The number of carbonyl (C=O) groups is 2. The van der Waals surface area contributed by atoms with E-state index >= 15 is 0 Å². The first-order valence-corrected chi connectivity index (χ1v) is 8.33. The maximum Gasteiger partial charge on any atom is 0.328 e. The summed E-state index contributed by atoms with van der Waals surface area (Å²) in [4.78, 5) is 36.2. The number of H-pyrrole nitrogens is 1. The predicted molar refractivity (Wildman–Crippen MR) is 91.5 cm³/mol. The van der Waals surface area contributed by atoms with Gasteiger partial charge >= 0.3 is 6.03 Å². The number of benzene rings is 2. The Balaban J connectivity index is 1.44. The first-order valence-electron chi connectivity index (χ1n) is 8.33. The Bertz CT molecular complexity index is 933. The van der Waals surface area contributed by atoms with Gasteiger partial charge in [0.25, 0.3) is 5.91 Å². The van der Waals surface area contributed by atoms with Crippen molar-refractivity contribution < 1.29 is 9.59 Å². The largest absolute Gasteiger partial charge is 0.340 e. The fourth-order valence-corrected chi connectivity index (χ4v) is 3.75. The zero-order chi connectivity index (χ0) is 17.0. The number of nitrogens with one attached hydrogen (secondary N) is 1. The number of imidazole rings is 1. The van der Waals surface area contributed by atoms with E-state index < -0.39 is 6.04 Å². The minimum absolute atomic E-state index is 0.139. The second-order valence-electron chi connectivity index (χ2n) is 6.52. The zero-order valence-electron chi connectivity index (χ0n) is 13.5. The normalized spacial score (nSPS) is 19.4. The molecule has 6 nitrogen and oxygen atoms in total. The highest BCUT2D eigenvalue weighted by atomic mass is 16.2. The first-order chi connectivity index (χ1) is 12.2. The third-order valence-electron chi connectivity index (χ3n) is 5.02. The van der Waals surface area contributed by atoms with Gasteiger partial charge in [-0.15, -0.1) is 0 Å². The number of aromatic nitrogens is 2. The molecule has 6 heteroatoms. The fraction of sp³-hybridized carbons (Fsp3) is 0.211. The molecular weight excluding hydrogens is 316 g/mol. The number of hydrogen-bond donors (Lipinski definition) is 1. The van der Waals surface area contributed by atoms with E-state index in [-0.39, 0.29) is 18.5 Å². The van der Waals surface area contributed by atoms with Crippen LogP contribution in [0.3, 0.4) is 0 Å². The molecule has 25 heavy (non-hydrogen) atoms. The van der Waals surface area contributed by atoms with Crippen molar-refractivity contribution in [1.29, 1.82) is 0 Å². The quantitative estimate of drug-likeness (QED) is 0.733. The van der Waals surface area contributed by atoms with Gasteiger partial charge in [0.05, 0.1) is 17.6 Å². The van der Waals surface area contributed by atoms with Crippen LogP contribution in [0.4, 0.5) is 4.79 Å². The minimum Gasteiger partial charge on any atom is -0.340 e. The lowest BCUT2D eigenvalue weighted by atomic mass is 9.95. The highest BCUT2D eigenvalue weighted by molar-refractivity contribution is 6.04. The second kappa shape index (κ2) is 5.17. The third kappa shape index (κ3) is 2.14. The van der Waals surface area contributed by atoms with Crippen LogP contribution in [0.25, 0.3) is 11.0 Å². The number of nitrogens with zero attached hydrogens (tertiary/aromatic N) is 3. The summed E-state index contributed by atoms with van der Waals surface area (Å²) in [5.41, 5.74) is 4.00. The minimum atomic E-state index is -0.397. The van der Waals surface area contributed by atoms with Gasteiger partial charge in [-0.05, 0) is 23.3 Å². The van der Waals surface area contributed by atoms with Gasteiger partial charge in [-0.25, -0.2) is 9.78 Å². The molecule has 2 aromatic carbocycles. The van der Waals surface area contributed by atoms with Crippen molar-refractivity contribution in [3.63, 3.8) is 0 Å². The molecule has 0 bridgehead atoms. The van der Waals surface area contributed by atoms with Crippen LogP contribution in [-0.4, -0.2) is 37.7 Å². The molecule has 1 saturated heterocycles. The number of rotatable bonds is 2. The van der Waals surface area contributed by atoms with Gasteiger partial charge in [-0.1, -0.05) is 36.4 Å². The van der Waals surface area contributed by atoms with Crippen molar-refractivity contribution >= 4 is 23.0 Å². The summed E-state index contributed by atoms with van der Waals surface area (Å²) in [5.74, 6) is 0.486. The monoisotopic (exact) mass is 332 g/mol. The summed E-state index contributed by atoms with van der Waals surface area (Å²) in [7, 11) is 0. The average Bonchev–Trinajstić information content (AvgIpc) is 3.15. The van der Waals surface area contributed by atoms with E-state index in [9.17, 15) is 9.59 Å². The van der Waals surface area contributed by atoms with Gasteiger partial charge in [0, 0.05) is 13.0 Å². The Morgan fingerprint density at radius 2 is 1.80 bits per heavy atom. The standard InChI is InChI=1S/C19H16N4O2/c24-18-16-9-12-5-1-2-6-13(12)10-22(16)19(25)23(18)11-17-20-14-7-3-4-8-15(14)21-17/h1-8,16H,9-11H2,(H,20,21). The number of urea groups is 1. The van der Waals surface area contributed by atoms with Gasteiger partial charge in [-0.2, -0.15) is 0 Å². The van der Waals surface area contributed by atoms with Gasteiger partial charge in [-0.3, -0.25) is 9.69 Å². The van der Waals surface area contributed by atoms with Gasteiger partial charge in [0.2, 0.25) is 0 Å². The first kappa shape index (κ1) is 14.2. The SMILES string of the molecule is O=C1C2Cc3ccccc3CN2C(=O)N1Cc1nc2ccccc2[nH]1.